The Hall–Kier alpha value is -1.28. The van der Waals surface area contributed by atoms with E-state index in [1.165, 1.54) is 16.5 Å². The van der Waals surface area contributed by atoms with E-state index in [4.69, 9.17) is 0 Å². The maximum atomic E-state index is 9.37. The molecule has 14 heavy (non-hydrogen) atoms. The first kappa shape index (κ1) is 9.28. The molecule has 1 N–H and O–H groups in total. The largest absolute Gasteiger partial charge is 0.393 e. The molecule has 1 aromatic heterocycles. The summed E-state index contributed by atoms with van der Waals surface area (Å²) in [5, 5.41) is 10.6. The Bertz CT molecular complexity index is 443. The molecule has 0 unspecified atom stereocenters. The van der Waals surface area contributed by atoms with Crippen LogP contribution in [0.2, 0.25) is 0 Å². The number of aliphatic hydroxyl groups excluding tert-OH is 1. The summed E-state index contributed by atoms with van der Waals surface area (Å²) in [4.78, 5) is 0. The van der Waals surface area contributed by atoms with Gasteiger partial charge in [0.1, 0.15) is 0 Å². The van der Waals surface area contributed by atoms with E-state index in [9.17, 15) is 5.11 Å². The molecule has 0 aliphatic heterocycles. The number of benzene rings is 1. The SMILES string of the molecule is C[C@@H](O)Cc1cccc2c1ccn2C. The van der Waals surface area contributed by atoms with Crippen molar-refractivity contribution in [2.75, 3.05) is 0 Å². The van der Waals surface area contributed by atoms with Crippen LogP contribution in [0.3, 0.4) is 0 Å². The highest BCUT2D eigenvalue weighted by molar-refractivity contribution is 5.83. The second kappa shape index (κ2) is 3.46. The van der Waals surface area contributed by atoms with Crippen LogP contribution in [0.25, 0.3) is 10.9 Å². The van der Waals surface area contributed by atoms with E-state index in [1.807, 2.05) is 20.0 Å². The number of fused-ring (bicyclic) bond motifs is 1. The fraction of sp³-hybridized carbons (Fsp3) is 0.333. The van der Waals surface area contributed by atoms with E-state index < -0.39 is 0 Å². The quantitative estimate of drug-likeness (QED) is 0.769. The fourth-order valence-electron chi connectivity index (χ4n) is 1.86. The van der Waals surface area contributed by atoms with E-state index in [-0.39, 0.29) is 6.10 Å². The van der Waals surface area contributed by atoms with Gasteiger partial charge >= 0.3 is 0 Å². The minimum atomic E-state index is -0.277. The third-order valence-electron chi connectivity index (χ3n) is 2.53. The van der Waals surface area contributed by atoms with Crippen molar-refractivity contribution in [3.63, 3.8) is 0 Å². The van der Waals surface area contributed by atoms with Crippen molar-refractivity contribution < 1.29 is 5.11 Å². The van der Waals surface area contributed by atoms with Crippen molar-refractivity contribution in [1.29, 1.82) is 0 Å². The summed E-state index contributed by atoms with van der Waals surface area (Å²) in [5.74, 6) is 0. The molecule has 2 rings (SSSR count). The van der Waals surface area contributed by atoms with Gasteiger partial charge in [-0.3, -0.25) is 0 Å². The number of hydrogen-bond donors (Lipinski definition) is 1. The van der Waals surface area contributed by atoms with Gasteiger partial charge in [-0.25, -0.2) is 0 Å². The standard InChI is InChI=1S/C12H15NO/c1-9(14)8-10-4-3-5-12-11(10)6-7-13(12)2/h3-7,9,14H,8H2,1-2H3/t9-/m1/s1. The number of aromatic nitrogens is 1. The Labute approximate surface area is 83.8 Å². The molecule has 1 aromatic carbocycles. The molecule has 0 aliphatic carbocycles. The highest BCUT2D eigenvalue weighted by atomic mass is 16.3. The summed E-state index contributed by atoms with van der Waals surface area (Å²) in [6, 6.07) is 8.32. The molecule has 0 bridgehead atoms. The molecule has 2 heteroatoms. The van der Waals surface area contributed by atoms with E-state index in [0.29, 0.717) is 0 Å². The van der Waals surface area contributed by atoms with Crippen molar-refractivity contribution in [3.05, 3.63) is 36.0 Å². The van der Waals surface area contributed by atoms with Crippen molar-refractivity contribution >= 4 is 10.9 Å². The van der Waals surface area contributed by atoms with E-state index in [0.717, 1.165) is 6.42 Å². The zero-order chi connectivity index (χ0) is 10.1. The Morgan fingerprint density at radius 3 is 2.86 bits per heavy atom. The molecule has 0 saturated heterocycles. The van der Waals surface area contributed by atoms with Crippen LogP contribution >= 0.6 is 0 Å². The fourth-order valence-corrected chi connectivity index (χ4v) is 1.86. The third kappa shape index (κ3) is 1.53. The van der Waals surface area contributed by atoms with Crippen molar-refractivity contribution in [1.82, 2.24) is 4.57 Å². The summed E-state index contributed by atoms with van der Waals surface area (Å²) in [6.45, 7) is 1.82. The predicted octanol–water partition coefficient (Wildman–Crippen LogP) is 2.10. The molecule has 0 amide bonds. The number of aryl methyl sites for hydroxylation is 1. The van der Waals surface area contributed by atoms with Crippen molar-refractivity contribution in [3.8, 4) is 0 Å². The Morgan fingerprint density at radius 2 is 2.14 bits per heavy atom. The lowest BCUT2D eigenvalue weighted by Crippen LogP contribution is -2.04. The van der Waals surface area contributed by atoms with Crippen LogP contribution < -0.4 is 0 Å². The average Bonchev–Trinajstić information content (AvgIpc) is 2.49. The van der Waals surface area contributed by atoms with Crippen LogP contribution in [-0.2, 0) is 13.5 Å². The van der Waals surface area contributed by atoms with Gasteiger partial charge in [0.05, 0.1) is 6.10 Å². The zero-order valence-electron chi connectivity index (χ0n) is 8.57. The molecule has 0 aliphatic rings. The summed E-state index contributed by atoms with van der Waals surface area (Å²) < 4.78 is 2.10. The van der Waals surface area contributed by atoms with Gasteiger partial charge in [0.15, 0.2) is 0 Å². The maximum Gasteiger partial charge on any atom is 0.0552 e. The van der Waals surface area contributed by atoms with E-state index in [1.54, 1.807) is 0 Å². The first-order chi connectivity index (χ1) is 6.68. The number of aliphatic hydroxyl groups is 1. The van der Waals surface area contributed by atoms with Crippen LogP contribution in [0.4, 0.5) is 0 Å². The van der Waals surface area contributed by atoms with Gasteiger partial charge < -0.3 is 9.67 Å². The Kier molecular flexibility index (Phi) is 2.30. The van der Waals surface area contributed by atoms with Crippen molar-refractivity contribution in [2.24, 2.45) is 7.05 Å². The minimum Gasteiger partial charge on any atom is -0.393 e. The number of rotatable bonds is 2. The van der Waals surface area contributed by atoms with Crippen LogP contribution in [0.1, 0.15) is 12.5 Å². The van der Waals surface area contributed by atoms with E-state index >= 15 is 0 Å². The second-order valence-electron chi connectivity index (χ2n) is 3.83. The predicted molar refractivity (Wildman–Crippen MR) is 58.3 cm³/mol. The molecule has 2 aromatic rings. The summed E-state index contributed by atoms with van der Waals surface area (Å²) in [5.41, 5.74) is 2.45. The van der Waals surface area contributed by atoms with Crippen LogP contribution in [-0.4, -0.2) is 15.8 Å². The molecule has 1 atom stereocenters. The lowest BCUT2D eigenvalue weighted by Gasteiger charge is -2.06. The Balaban J connectivity index is 2.54. The Morgan fingerprint density at radius 1 is 1.36 bits per heavy atom. The lowest BCUT2D eigenvalue weighted by molar-refractivity contribution is 0.196. The number of nitrogens with zero attached hydrogens (tertiary/aromatic N) is 1. The topological polar surface area (TPSA) is 25.2 Å². The second-order valence-corrected chi connectivity index (χ2v) is 3.83. The van der Waals surface area contributed by atoms with Gasteiger partial charge in [0, 0.05) is 24.1 Å². The van der Waals surface area contributed by atoms with Gasteiger partial charge in [-0.2, -0.15) is 0 Å². The minimum absolute atomic E-state index is 0.277. The highest BCUT2D eigenvalue weighted by Gasteiger charge is 2.05. The molecule has 1 heterocycles. The normalized spacial score (nSPS) is 13.4. The van der Waals surface area contributed by atoms with Gasteiger partial charge in [0.2, 0.25) is 0 Å². The molecule has 0 spiro atoms. The first-order valence-corrected chi connectivity index (χ1v) is 4.89. The summed E-state index contributed by atoms with van der Waals surface area (Å²) >= 11 is 0. The van der Waals surface area contributed by atoms with Crippen molar-refractivity contribution in [2.45, 2.75) is 19.4 Å². The van der Waals surface area contributed by atoms with Gasteiger partial charge in [-0.05, 0) is 31.0 Å². The molecule has 74 valence electrons. The van der Waals surface area contributed by atoms with Crippen LogP contribution in [0.15, 0.2) is 30.5 Å². The van der Waals surface area contributed by atoms with E-state index in [2.05, 4.69) is 29.0 Å². The van der Waals surface area contributed by atoms with Crippen LogP contribution in [0.5, 0.6) is 0 Å². The maximum absolute atomic E-state index is 9.37. The van der Waals surface area contributed by atoms with Gasteiger partial charge in [-0.15, -0.1) is 0 Å². The monoisotopic (exact) mass is 189 g/mol. The molecule has 0 radical (unpaired) electrons. The van der Waals surface area contributed by atoms with Gasteiger partial charge in [-0.1, -0.05) is 12.1 Å². The molecule has 2 nitrogen and oxygen atoms in total. The molecule has 0 fully saturated rings. The van der Waals surface area contributed by atoms with Gasteiger partial charge in [0.25, 0.3) is 0 Å². The molecule has 0 saturated carbocycles. The third-order valence-corrected chi connectivity index (χ3v) is 2.53. The first-order valence-electron chi connectivity index (χ1n) is 4.89. The lowest BCUT2D eigenvalue weighted by atomic mass is 10.0. The summed E-state index contributed by atoms with van der Waals surface area (Å²) in [6.07, 6.45) is 2.50. The number of hydrogen-bond acceptors (Lipinski definition) is 1. The smallest absolute Gasteiger partial charge is 0.0552 e. The zero-order valence-corrected chi connectivity index (χ0v) is 8.57. The summed E-state index contributed by atoms with van der Waals surface area (Å²) in [7, 11) is 2.04. The molecular formula is C12H15NO. The average molecular weight is 189 g/mol. The van der Waals surface area contributed by atoms with Crippen LogP contribution in [0, 0.1) is 0 Å². The highest BCUT2D eigenvalue weighted by Crippen LogP contribution is 2.20. The molecular weight excluding hydrogens is 174 g/mol.